The van der Waals surface area contributed by atoms with Gasteiger partial charge in [-0.25, -0.2) is 0 Å². The van der Waals surface area contributed by atoms with Crippen LogP contribution in [0.3, 0.4) is 0 Å². The van der Waals surface area contributed by atoms with Crippen molar-refractivity contribution in [2.24, 2.45) is 11.8 Å². The van der Waals surface area contributed by atoms with Gasteiger partial charge in [-0.05, 0) is 0 Å². The van der Waals surface area contributed by atoms with Crippen molar-refractivity contribution in [2.75, 3.05) is 0 Å². The summed E-state index contributed by atoms with van der Waals surface area (Å²) < 4.78 is 21.0. The van der Waals surface area contributed by atoms with Gasteiger partial charge in [0.05, 0.1) is 0 Å². The van der Waals surface area contributed by atoms with Gasteiger partial charge >= 0.3 is 112 Å². The van der Waals surface area contributed by atoms with Crippen LogP contribution in [0.25, 0.3) is 0 Å². The molecule has 0 aromatic carbocycles. The van der Waals surface area contributed by atoms with Gasteiger partial charge in [-0.1, -0.05) is 0 Å². The molecule has 1 aliphatic heterocycles. The van der Waals surface area contributed by atoms with Gasteiger partial charge in [0.1, 0.15) is 0 Å². The third kappa shape index (κ3) is 3.40. The molecule has 0 radical (unpaired) electrons. The van der Waals surface area contributed by atoms with Crippen LogP contribution in [0.5, 0.6) is 0 Å². The molecule has 1 saturated heterocycles. The molecule has 0 spiro atoms. The van der Waals surface area contributed by atoms with Crippen LogP contribution in [-0.2, 0) is 17.4 Å². The van der Waals surface area contributed by atoms with Crippen LogP contribution in [0.4, 0.5) is 0 Å². The summed E-state index contributed by atoms with van der Waals surface area (Å²) in [4.78, 5) is 1.40. The van der Waals surface area contributed by atoms with E-state index in [1.165, 1.54) is 4.88 Å². The van der Waals surface area contributed by atoms with Gasteiger partial charge in [-0.15, -0.1) is 0 Å². The fraction of sp³-hybridized carbons (Fsp3) is 0.692. The molecule has 2 rings (SSSR count). The van der Waals surface area contributed by atoms with Crippen LogP contribution in [0.1, 0.15) is 38.5 Å². The normalized spacial score (nSPS) is 35.4. The Bertz CT molecular complexity index is 368. The van der Waals surface area contributed by atoms with Crippen LogP contribution in [0, 0.1) is 11.8 Å². The Morgan fingerprint density at radius 3 is 1.84 bits per heavy atom. The second-order valence-corrected chi connectivity index (χ2v) is 11.9. The molecule has 0 saturated carbocycles. The van der Waals surface area contributed by atoms with E-state index < -0.39 is 17.4 Å². The molecular weight excluding hydrogens is 339 g/mol. The van der Waals surface area contributed by atoms with Crippen molar-refractivity contribution in [3.63, 3.8) is 0 Å². The Kier molecular flexibility index (Phi) is 7.61. The average molecular weight is 361 g/mol. The summed E-state index contributed by atoms with van der Waals surface area (Å²) in [5, 5.41) is 2.12. The van der Waals surface area contributed by atoms with Gasteiger partial charge in [-0.2, -0.15) is 0 Å². The molecule has 1 aromatic rings. The fourth-order valence-electron chi connectivity index (χ4n) is 3.29. The molecule has 19 heavy (non-hydrogen) atoms. The molecule has 0 bridgehead atoms. The first-order valence-electron chi connectivity index (χ1n) is 6.35. The van der Waals surface area contributed by atoms with Gasteiger partial charge in [0.25, 0.3) is 0 Å². The minimum Gasteiger partial charge on any atom is -1.00 e. The van der Waals surface area contributed by atoms with Crippen LogP contribution >= 0.6 is 11.3 Å². The zero-order valence-electron chi connectivity index (χ0n) is 11.7. The van der Waals surface area contributed by atoms with E-state index >= 15 is 0 Å². The standard InChI is InChI=1S/C13H20S.2ClH.2H2O.Ti/c1-5-10(3)13(11(4)6-2)12-8-7-9-14-12;;;;;/h5-11,13H,1-4H3;2*1H;2*1H2;/q;;;;;+4/p-4. The summed E-state index contributed by atoms with van der Waals surface area (Å²) >= 11 is -1.81. The van der Waals surface area contributed by atoms with Crippen LogP contribution in [0.15, 0.2) is 17.5 Å². The Morgan fingerprint density at radius 2 is 1.47 bits per heavy atom. The zero-order valence-corrected chi connectivity index (χ0v) is 15.6. The number of halogens is 2. The van der Waals surface area contributed by atoms with Gasteiger partial charge < -0.3 is 24.8 Å². The smallest absolute Gasteiger partial charge is 1.00 e. The van der Waals surface area contributed by atoms with E-state index in [4.69, 9.17) is 0 Å². The Hall–Kier alpha value is 0.914. The Balaban J connectivity index is 0.00000162. The van der Waals surface area contributed by atoms with Gasteiger partial charge in [0.2, 0.25) is 0 Å². The van der Waals surface area contributed by atoms with Crippen molar-refractivity contribution in [1.82, 2.24) is 0 Å². The van der Waals surface area contributed by atoms with E-state index in [0.717, 1.165) is 0 Å². The van der Waals surface area contributed by atoms with Crippen molar-refractivity contribution in [1.29, 1.82) is 0 Å². The maximum absolute atomic E-state index is 10.4. The van der Waals surface area contributed by atoms with Crippen LogP contribution in [0.2, 0.25) is 8.45 Å². The SMILES string of the molecule is CC1C(c2cccs2)C(C)[CH](C)[Ti+2]([OH])([OH])[CH]1C.[Cl-].[Cl-]. The van der Waals surface area contributed by atoms with Gasteiger partial charge in [0, 0.05) is 0 Å². The molecule has 1 fully saturated rings. The molecule has 6 heteroatoms. The third-order valence-electron chi connectivity index (χ3n) is 4.92. The molecular formula is C13H22Cl2O2STi. The zero-order chi connectivity index (χ0) is 12.8. The molecule has 4 atom stereocenters. The van der Waals surface area contributed by atoms with Crippen molar-refractivity contribution in [2.45, 2.75) is 42.1 Å². The number of hydrogen-bond acceptors (Lipinski definition) is 3. The molecule has 2 nitrogen and oxygen atoms in total. The molecule has 4 unspecified atom stereocenters. The van der Waals surface area contributed by atoms with E-state index in [-0.39, 0.29) is 33.3 Å². The molecule has 2 heterocycles. The van der Waals surface area contributed by atoms with E-state index in [1.54, 1.807) is 11.3 Å². The number of hydrogen-bond donors (Lipinski definition) is 2. The predicted molar refractivity (Wildman–Crippen MR) is 68.7 cm³/mol. The fourth-order valence-corrected chi connectivity index (χ4v) is 8.71. The first-order chi connectivity index (χ1) is 7.87. The first kappa shape index (κ1) is 19.9. The third-order valence-corrected chi connectivity index (χ3v) is 11.7. The molecule has 0 aliphatic carbocycles. The summed E-state index contributed by atoms with van der Waals surface area (Å²) in [6.07, 6.45) is 0. The first-order valence-corrected chi connectivity index (χ1v) is 10.4. The molecule has 110 valence electrons. The van der Waals surface area contributed by atoms with E-state index in [2.05, 4.69) is 31.4 Å². The van der Waals surface area contributed by atoms with Gasteiger partial charge in [0.15, 0.2) is 0 Å². The summed E-state index contributed by atoms with van der Waals surface area (Å²) in [6.45, 7) is 8.44. The topological polar surface area (TPSA) is 40.5 Å². The minimum absolute atomic E-state index is 0. The average Bonchev–Trinajstić information content (AvgIpc) is 2.78. The molecule has 1 aliphatic rings. The summed E-state index contributed by atoms with van der Waals surface area (Å²) in [6, 6.07) is 4.28. The van der Waals surface area contributed by atoms with Crippen molar-refractivity contribution in [3.05, 3.63) is 22.4 Å². The molecule has 0 amide bonds. The van der Waals surface area contributed by atoms with Crippen molar-refractivity contribution >= 4 is 11.3 Å². The molecule has 1 aromatic heterocycles. The second-order valence-electron chi connectivity index (χ2n) is 5.62. The quantitative estimate of drug-likeness (QED) is 0.553. The maximum Gasteiger partial charge on any atom is -1.00 e. The number of thiophene rings is 1. The van der Waals surface area contributed by atoms with Crippen molar-refractivity contribution in [3.8, 4) is 0 Å². The van der Waals surface area contributed by atoms with Crippen LogP contribution in [-0.4, -0.2) is 7.38 Å². The van der Waals surface area contributed by atoms with Crippen molar-refractivity contribution < 1.29 is 49.6 Å². The summed E-state index contributed by atoms with van der Waals surface area (Å²) in [7, 11) is 0. The summed E-state index contributed by atoms with van der Waals surface area (Å²) in [5.41, 5.74) is 0. The minimum atomic E-state index is -3.61. The number of rotatable bonds is 1. The van der Waals surface area contributed by atoms with E-state index in [1.807, 2.05) is 13.8 Å². The summed E-state index contributed by atoms with van der Waals surface area (Å²) in [5.74, 6) is 1.22. The second kappa shape index (κ2) is 7.26. The van der Waals surface area contributed by atoms with Gasteiger partial charge in [-0.3, -0.25) is 0 Å². The Labute approximate surface area is 136 Å². The Morgan fingerprint density at radius 1 is 1.00 bits per heavy atom. The van der Waals surface area contributed by atoms with E-state index in [9.17, 15) is 7.38 Å². The van der Waals surface area contributed by atoms with E-state index in [0.29, 0.717) is 17.8 Å². The van der Waals surface area contributed by atoms with Crippen LogP contribution < -0.4 is 24.8 Å². The maximum atomic E-state index is 10.4. The largest absolute Gasteiger partial charge is 1.00 e. The predicted octanol–water partition coefficient (Wildman–Crippen LogP) is -2.29. The molecule has 2 N–H and O–H groups in total. The monoisotopic (exact) mass is 360 g/mol.